The summed E-state index contributed by atoms with van der Waals surface area (Å²) in [4.78, 5) is 75.7. The summed E-state index contributed by atoms with van der Waals surface area (Å²) in [6.07, 6.45) is -6.18. The van der Waals surface area contributed by atoms with Crippen LogP contribution in [0.3, 0.4) is 0 Å². The van der Waals surface area contributed by atoms with E-state index in [-0.39, 0.29) is 0 Å². The molecule has 1 aromatic carbocycles. The molecular weight excluding hydrogens is 752 g/mol. The molecule has 4 unspecified atom stereocenters. The highest BCUT2D eigenvalue weighted by molar-refractivity contribution is 7.69. The van der Waals surface area contributed by atoms with Gasteiger partial charge in [-0.1, -0.05) is 20.8 Å². The van der Waals surface area contributed by atoms with Gasteiger partial charge in [0.05, 0.1) is 11.5 Å². The van der Waals surface area contributed by atoms with Gasteiger partial charge < -0.3 is 39.1 Å². The molecule has 1 aromatic heterocycles. The van der Waals surface area contributed by atoms with Crippen molar-refractivity contribution in [1.82, 2.24) is 14.5 Å². The maximum Gasteiger partial charge on any atom is 0.536 e. The Balaban J connectivity index is 0.00000107. The van der Waals surface area contributed by atoms with Gasteiger partial charge in [0, 0.05) is 24.4 Å². The molecule has 24 nitrogen and oxygen atoms in total. The number of aliphatic hydroxyl groups excluding tert-OH is 2. The quantitative estimate of drug-likeness (QED) is 0.0707. The zero-order valence-corrected chi connectivity index (χ0v) is 29.2. The summed E-state index contributed by atoms with van der Waals surface area (Å²) in [6, 6.07) is 4.09. The standard InChI is InChI=1S/C15H19N3O20P4.C6H15N/c19-11-5-6-17(15(22)16-11)14-13(21)12(20)10(34-14)7-33-39(25,26)36-41(29,30)38-42(31,32)37-40(27,28)35-9-3-1-8(2-4-9)18(23)24;1-4-7(5-2)6-3/h1-6,10,12-14,20-21H,7H2,(H,25,26)(H,27,28)(H,29,30)(H,31,32)(H,16,19,22);4-6H2,1-3H3/t10-,12-,13-,14-;/m1./s1. The molecule has 28 heteroatoms. The van der Waals surface area contributed by atoms with Crippen molar-refractivity contribution in [3.8, 4) is 5.75 Å². The van der Waals surface area contributed by atoms with Crippen molar-refractivity contribution in [3.63, 3.8) is 0 Å². The highest BCUT2D eigenvalue weighted by Crippen LogP contribution is 2.71. The zero-order chi connectivity index (χ0) is 37.4. The van der Waals surface area contributed by atoms with Crippen LogP contribution in [0.15, 0.2) is 46.1 Å². The minimum Gasteiger partial charge on any atom is -0.404 e. The topological polar surface area (TPSA) is 346 Å². The van der Waals surface area contributed by atoms with Gasteiger partial charge in [0.2, 0.25) is 0 Å². The first-order valence-electron chi connectivity index (χ1n) is 13.6. The van der Waals surface area contributed by atoms with Gasteiger partial charge in [0.25, 0.3) is 11.2 Å². The second kappa shape index (κ2) is 17.7. The normalized spacial score (nSPS) is 24.0. The highest BCUT2D eigenvalue weighted by Gasteiger charge is 2.48. The third-order valence-electron chi connectivity index (χ3n) is 6.09. The van der Waals surface area contributed by atoms with Gasteiger partial charge >= 0.3 is 37.0 Å². The van der Waals surface area contributed by atoms with E-state index in [2.05, 4.69) is 47.7 Å². The molecule has 0 radical (unpaired) electrons. The summed E-state index contributed by atoms with van der Waals surface area (Å²) < 4.78 is 73.9. The van der Waals surface area contributed by atoms with Crippen molar-refractivity contribution in [2.24, 2.45) is 0 Å². The zero-order valence-electron chi connectivity index (χ0n) is 25.6. The van der Waals surface area contributed by atoms with E-state index in [1.165, 1.54) is 19.6 Å². The van der Waals surface area contributed by atoms with E-state index in [0.717, 1.165) is 36.5 Å². The molecule has 1 aliphatic rings. The molecule has 2 heterocycles. The largest absolute Gasteiger partial charge is 0.536 e. The molecule has 278 valence electrons. The summed E-state index contributed by atoms with van der Waals surface area (Å²) >= 11 is 0. The number of phosphoric ester groups is 2. The maximum absolute atomic E-state index is 12.1. The number of hydrogen-bond acceptors (Lipinski definition) is 17. The van der Waals surface area contributed by atoms with Crippen LogP contribution in [-0.4, -0.2) is 93.7 Å². The number of benzene rings is 1. The number of phosphoric acid groups is 4. The number of hydrogen-bond donors (Lipinski definition) is 7. The molecule has 7 N–H and O–H groups in total. The van der Waals surface area contributed by atoms with Crippen LogP contribution < -0.4 is 15.8 Å². The molecule has 2 aromatic rings. The van der Waals surface area contributed by atoms with Crippen molar-refractivity contribution in [1.29, 1.82) is 0 Å². The number of nitro groups is 1. The summed E-state index contributed by atoms with van der Waals surface area (Å²) in [5, 5.41) is 30.9. The first kappa shape index (κ1) is 42.7. The van der Waals surface area contributed by atoms with Crippen LogP contribution in [0.1, 0.15) is 27.0 Å². The van der Waals surface area contributed by atoms with Crippen LogP contribution in [-0.2, 0) is 40.5 Å². The first-order chi connectivity index (χ1) is 22.5. The molecule has 1 aliphatic heterocycles. The third kappa shape index (κ3) is 13.6. The van der Waals surface area contributed by atoms with Crippen LogP contribution in [0.2, 0.25) is 0 Å². The minimum atomic E-state index is -6.15. The van der Waals surface area contributed by atoms with Gasteiger partial charge in [0.1, 0.15) is 24.1 Å². The molecule has 49 heavy (non-hydrogen) atoms. The first-order valence-corrected chi connectivity index (χ1v) is 19.6. The van der Waals surface area contributed by atoms with Crippen molar-refractivity contribution < 1.29 is 79.7 Å². The second-order valence-corrected chi connectivity index (χ2v) is 15.6. The SMILES string of the molecule is CCN(CC)CC.O=c1ccn([C@@H]2O[C@H](COP(=O)(O)OP(=O)(O)OP(=O)(O)OP(=O)(O)Oc3ccc([N+](=O)[O-])cc3)[C@@H](O)[C@H]2O)c(=O)[nH]1. The Bertz CT molecular complexity index is 1730. The fourth-order valence-corrected chi connectivity index (χ4v) is 8.74. The molecule has 3 rings (SSSR count). The Hall–Kier alpha value is -2.46. The number of aromatic nitrogens is 2. The van der Waals surface area contributed by atoms with E-state index < -0.39 is 90.0 Å². The van der Waals surface area contributed by atoms with Gasteiger partial charge in [-0.25, -0.2) is 23.1 Å². The average molecular weight is 786 g/mol. The van der Waals surface area contributed by atoms with Crippen LogP contribution in [0.5, 0.6) is 5.75 Å². The molecule has 1 saturated heterocycles. The summed E-state index contributed by atoms with van der Waals surface area (Å²) in [6.45, 7) is 8.95. The van der Waals surface area contributed by atoms with Gasteiger partial charge in [-0.05, 0) is 31.8 Å². The number of aliphatic hydroxyl groups is 2. The third-order valence-corrected chi connectivity index (χ3v) is 12.0. The monoisotopic (exact) mass is 786 g/mol. The van der Waals surface area contributed by atoms with Crippen LogP contribution >= 0.6 is 31.3 Å². The van der Waals surface area contributed by atoms with Crippen LogP contribution in [0, 0.1) is 10.1 Å². The molecule has 0 saturated carbocycles. The fourth-order valence-electron chi connectivity index (χ4n) is 3.79. The van der Waals surface area contributed by atoms with Crippen molar-refractivity contribution in [3.05, 3.63) is 67.5 Å². The number of H-pyrrole nitrogens is 1. The highest BCUT2D eigenvalue weighted by atomic mass is 31.3. The van der Waals surface area contributed by atoms with Crippen LogP contribution in [0.25, 0.3) is 0 Å². The number of non-ortho nitro benzene ring substituents is 1. The number of nitrogens with one attached hydrogen (secondary N) is 1. The second-order valence-electron chi connectivity index (χ2n) is 9.44. The maximum atomic E-state index is 12.1. The summed E-state index contributed by atoms with van der Waals surface area (Å²) in [5.74, 6) is -0.600. The summed E-state index contributed by atoms with van der Waals surface area (Å²) in [5.41, 5.74) is -2.32. The summed E-state index contributed by atoms with van der Waals surface area (Å²) in [7, 11) is -23.7. The van der Waals surface area contributed by atoms with Crippen molar-refractivity contribution >= 4 is 37.0 Å². The Labute approximate surface area is 276 Å². The van der Waals surface area contributed by atoms with Gasteiger partial charge in [0.15, 0.2) is 6.23 Å². The lowest BCUT2D eigenvalue weighted by Crippen LogP contribution is -2.37. The minimum absolute atomic E-state index is 0.463. The lowest BCUT2D eigenvalue weighted by atomic mass is 10.1. The van der Waals surface area contributed by atoms with Crippen molar-refractivity contribution in [2.75, 3.05) is 26.2 Å². The van der Waals surface area contributed by atoms with Gasteiger partial charge in [-0.2, -0.15) is 12.9 Å². The molecule has 1 fully saturated rings. The van der Waals surface area contributed by atoms with Crippen molar-refractivity contribution in [2.45, 2.75) is 45.3 Å². The Morgan fingerprint density at radius 1 is 0.857 bits per heavy atom. The number of nitro benzene ring substituents is 1. The Kier molecular flexibility index (Phi) is 15.4. The molecule has 8 atom stereocenters. The lowest BCUT2D eigenvalue weighted by Gasteiger charge is -2.20. The predicted octanol–water partition coefficient (Wildman–Crippen LogP) is 0.959. The number of ether oxygens (including phenoxy) is 1. The van der Waals surface area contributed by atoms with E-state index in [1.54, 1.807) is 0 Å². The average Bonchev–Trinajstić information content (AvgIpc) is 3.24. The molecule has 0 spiro atoms. The van der Waals surface area contributed by atoms with E-state index in [1.807, 2.05) is 4.98 Å². The van der Waals surface area contributed by atoms with Crippen LogP contribution in [0.4, 0.5) is 5.69 Å². The lowest BCUT2D eigenvalue weighted by molar-refractivity contribution is -0.384. The number of rotatable bonds is 16. The van der Waals surface area contributed by atoms with Gasteiger partial charge in [-0.3, -0.25) is 33.9 Å². The number of aromatic amines is 1. The molecule has 0 amide bonds. The molecule has 0 bridgehead atoms. The van der Waals surface area contributed by atoms with E-state index >= 15 is 0 Å². The molecular formula is C21H34N4O20P4. The Morgan fingerprint density at radius 2 is 1.37 bits per heavy atom. The van der Waals surface area contributed by atoms with E-state index in [9.17, 15) is 67.8 Å². The molecule has 0 aliphatic carbocycles. The fraction of sp³-hybridized carbons (Fsp3) is 0.524. The van der Waals surface area contributed by atoms with E-state index in [4.69, 9.17) is 4.74 Å². The van der Waals surface area contributed by atoms with E-state index in [0.29, 0.717) is 4.57 Å². The van der Waals surface area contributed by atoms with Gasteiger partial charge in [-0.15, -0.1) is 0 Å². The smallest absolute Gasteiger partial charge is 0.404 e. The number of nitrogens with zero attached hydrogens (tertiary/aromatic N) is 3. The predicted molar refractivity (Wildman–Crippen MR) is 163 cm³/mol. The Morgan fingerprint density at radius 3 is 1.84 bits per heavy atom.